The lowest BCUT2D eigenvalue weighted by Gasteiger charge is -2.28. The predicted molar refractivity (Wildman–Crippen MR) is 69.5 cm³/mol. The van der Waals surface area contributed by atoms with Gasteiger partial charge in [-0.25, -0.2) is 9.97 Å². The lowest BCUT2D eigenvalue weighted by atomic mass is 9.74. The van der Waals surface area contributed by atoms with Crippen LogP contribution >= 0.6 is 15.9 Å². The first kappa shape index (κ1) is 13.0. The molecule has 2 rings (SSSR count). The van der Waals surface area contributed by atoms with Crippen LogP contribution in [0.3, 0.4) is 0 Å². The highest BCUT2D eigenvalue weighted by molar-refractivity contribution is 9.10. The second-order valence-corrected chi connectivity index (χ2v) is 5.25. The second kappa shape index (κ2) is 5.44. The Morgan fingerprint density at radius 3 is 2.61 bits per heavy atom. The summed E-state index contributed by atoms with van der Waals surface area (Å²) in [7, 11) is 0. The van der Waals surface area contributed by atoms with Crippen molar-refractivity contribution in [1.82, 2.24) is 9.97 Å². The maximum absolute atomic E-state index is 12.2. The quantitative estimate of drug-likeness (QED) is 0.911. The Morgan fingerprint density at radius 2 is 2.06 bits per heavy atom. The summed E-state index contributed by atoms with van der Waals surface area (Å²) in [5.74, 6) is 0.115. The summed E-state index contributed by atoms with van der Waals surface area (Å²) in [5, 5.41) is 12.0. The molecule has 1 aromatic heterocycles. The van der Waals surface area contributed by atoms with Gasteiger partial charge in [0.15, 0.2) is 5.82 Å². The summed E-state index contributed by atoms with van der Waals surface area (Å²) in [6.45, 7) is 0. The number of nitrogens with one attached hydrogen (secondary N) is 1. The molecule has 1 fully saturated rings. The number of hydrogen-bond donors (Lipinski definition) is 1. The van der Waals surface area contributed by atoms with Gasteiger partial charge < -0.3 is 5.32 Å². The zero-order chi connectivity index (χ0) is 13.0. The maximum atomic E-state index is 12.2. The minimum Gasteiger partial charge on any atom is -0.308 e. The van der Waals surface area contributed by atoms with Gasteiger partial charge in [0.05, 0.1) is 18.5 Å². The fourth-order valence-electron chi connectivity index (χ4n) is 2.16. The van der Waals surface area contributed by atoms with E-state index in [0.29, 0.717) is 23.3 Å². The number of rotatable bonds is 2. The van der Waals surface area contributed by atoms with Crippen LogP contribution in [0.15, 0.2) is 17.0 Å². The van der Waals surface area contributed by atoms with E-state index in [4.69, 9.17) is 0 Å². The Morgan fingerprint density at radius 1 is 1.33 bits per heavy atom. The van der Waals surface area contributed by atoms with Crippen LogP contribution in [0.5, 0.6) is 0 Å². The molecule has 6 heteroatoms. The summed E-state index contributed by atoms with van der Waals surface area (Å²) < 4.78 is 0.605. The summed E-state index contributed by atoms with van der Waals surface area (Å²) in [4.78, 5) is 20.2. The molecule has 0 aliphatic heterocycles. The first-order chi connectivity index (χ1) is 8.66. The molecule has 5 nitrogen and oxygen atoms in total. The molecule has 1 aliphatic carbocycles. The lowest BCUT2D eigenvalue weighted by molar-refractivity contribution is -0.124. The second-order valence-electron chi connectivity index (χ2n) is 4.43. The van der Waals surface area contributed by atoms with Gasteiger partial charge in [-0.2, -0.15) is 5.26 Å². The molecule has 1 heterocycles. The van der Waals surface area contributed by atoms with E-state index in [2.05, 4.69) is 37.3 Å². The fourth-order valence-corrected chi connectivity index (χ4v) is 2.36. The molecule has 94 valence electrons. The van der Waals surface area contributed by atoms with Gasteiger partial charge >= 0.3 is 0 Å². The molecule has 0 atom stereocenters. The minimum absolute atomic E-state index is 0.263. The Bertz CT molecular complexity index is 474. The molecule has 18 heavy (non-hydrogen) atoms. The largest absolute Gasteiger partial charge is 0.308 e. The Labute approximate surface area is 114 Å². The molecule has 0 saturated heterocycles. The Kier molecular flexibility index (Phi) is 3.92. The smallest absolute Gasteiger partial charge is 0.246 e. The van der Waals surface area contributed by atoms with Gasteiger partial charge in [0.25, 0.3) is 0 Å². The number of halogens is 1. The van der Waals surface area contributed by atoms with Crippen molar-refractivity contribution in [2.75, 3.05) is 5.32 Å². The first-order valence-electron chi connectivity index (χ1n) is 5.86. The van der Waals surface area contributed by atoms with Crippen molar-refractivity contribution < 1.29 is 4.79 Å². The van der Waals surface area contributed by atoms with Gasteiger partial charge in [0.2, 0.25) is 5.91 Å². The Hall–Kier alpha value is -1.48. The van der Waals surface area contributed by atoms with E-state index in [0.717, 1.165) is 19.3 Å². The first-order valence-corrected chi connectivity index (χ1v) is 6.66. The zero-order valence-corrected chi connectivity index (χ0v) is 11.4. The van der Waals surface area contributed by atoms with Crippen LogP contribution in [0.2, 0.25) is 0 Å². The molecule has 1 N–H and O–H groups in total. The van der Waals surface area contributed by atoms with Gasteiger partial charge in [-0.1, -0.05) is 19.3 Å². The number of nitriles is 1. The molecule has 1 saturated carbocycles. The van der Waals surface area contributed by atoms with E-state index in [1.807, 2.05) is 0 Å². The van der Waals surface area contributed by atoms with Crippen LogP contribution in [-0.4, -0.2) is 15.9 Å². The van der Waals surface area contributed by atoms with Crippen LogP contribution in [-0.2, 0) is 4.79 Å². The highest BCUT2D eigenvalue weighted by Gasteiger charge is 2.39. The molecule has 0 spiro atoms. The van der Waals surface area contributed by atoms with Crippen LogP contribution in [0.1, 0.15) is 32.1 Å². The van der Waals surface area contributed by atoms with Crippen molar-refractivity contribution in [3.8, 4) is 6.07 Å². The van der Waals surface area contributed by atoms with Crippen LogP contribution < -0.4 is 5.32 Å². The highest BCUT2D eigenvalue weighted by atomic mass is 79.9. The summed E-state index contributed by atoms with van der Waals surface area (Å²) in [5.41, 5.74) is -0.896. The molecule has 1 aliphatic rings. The van der Waals surface area contributed by atoms with Gasteiger partial charge in [0, 0.05) is 0 Å². The maximum Gasteiger partial charge on any atom is 0.246 e. The topological polar surface area (TPSA) is 78.7 Å². The van der Waals surface area contributed by atoms with Gasteiger partial charge in [-0.15, -0.1) is 0 Å². The van der Waals surface area contributed by atoms with Crippen molar-refractivity contribution in [1.29, 1.82) is 5.26 Å². The zero-order valence-electron chi connectivity index (χ0n) is 9.82. The van der Waals surface area contributed by atoms with Gasteiger partial charge in [-0.05, 0) is 28.8 Å². The van der Waals surface area contributed by atoms with E-state index in [1.54, 1.807) is 0 Å². The summed E-state index contributed by atoms with van der Waals surface area (Å²) in [6.07, 6.45) is 7.17. The van der Waals surface area contributed by atoms with Crippen LogP contribution in [0, 0.1) is 16.7 Å². The van der Waals surface area contributed by atoms with Crippen LogP contribution in [0.25, 0.3) is 0 Å². The van der Waals surface area contributed by atoms with E-state index >= 15 is 0 Å². The third-order valence-corrected chi connectivity index (χ3v) is 3.63. The number of amides is 1. The molecular formula is C12H13BrN4O. The number of nitrogens with zero attached hydrogens (tertiary/aromatic N) is 3. The predicted octanol–water partition coefficient (Wildman–Crippen LogP) is 2.65. The van der Waals surface area contributed by atoms with E-state index in [9.17, 15) is 10.1 Å². The van der Waals surface area contributed by atoms with Gasteiger partial charge in [-0.3, -0.25) is 4.79 Å². The Balaban J connectivity index is 2.11. The average Bonchev–Trinajstić information content (AvgIpc) is 2.42. The monoisotopic (exact) mass is 308 g/mol. The van der Waals surface area contributed by atoms with E-state index in [-0.39, 0.29) is 5.91 Å². The van der Waals surface area contributed by atoms with Crippen LogP contribution in [0.4, 0.5) is 5.82 Å². The average molecular weight is 309 g/mol. The molecule has 0 radical (unpaired) electrons. The fraction of sp³-hybridized carbons (Fsp3) is 0.500. The standard InChI is InChI=1S/C12H13BrN4O/c13-9-6-16-10(7-15-9)17-11(18)12(8-14)4-2-1-3-5-12/h6-7H,1-5H2,(H,16,17,18). The molecule has 0 bridgehead atoms. The van der Waals surface area contributed by atoms with Gasteiger partial charge in [0.1, 0.15) is 10.0 Å². The normalized spacial score (nSPS) is 17.8. The number of anilines is 1. The minimum atomic E-state index is -0.896. The lowest BCUT2D eigenvalue weighted by Crippen LogP contribution is -2.37. The van der Waals surface area contributed by atoms with E-state index < -0.39 is 5.41 Å². The molecular weight excluding hydrogens is 296 g/mol. The highest BCUT2D eigenvalue weighted by Crippen LogP contribution is 2.36. The summed E-state index contributed by atoms with van der Waals surface area (Å²) >= 11 is 3.17. The molecule has 0 aromatic carbocycles. The SMILES string of the molecule is N#CC1(C(=O)Nc2cnc(Br)cn2)CCCCC1. The number of hydrogen-bond acceptors (Lipinski definition) is 4. The van der Waals surface area contributed by atoms with Crippen molar-refractivity contribution in [2.45, 2.75) is 32.1 Å². The number of aromatic nitrogens is 2. The third kappa shape index (κ3) is 2.67. The van der Waals surface area contributed by atoms with E-state index in [1.165, 1.54) is 12.4 Å². The van der Waals surface area contributed by atoms with Crippen molar-refractivity contribution in [2.24, 2.45) is 5.41 Å². The van der Waals surface area contributed by atoms with Crippen molar-refractivity contribution in [3.63, 3.8) is 0 Å². The summed E-state index contributed by atoms with van der Waals surface area (Å²) in [6, 6.07) is 2.18. The van der Waals surface area contributed by atoms with Crippen molar-refractivity contribution in [3.05, 3.63) is 17.0 Å². The third-order valence-electron chi connectivity index (χ3n) is 3.22. The number of carbonyl (C=O) groups excluding carboxylic acids is 1. The number of carbonyl (C=O) groups is 1. The molecule has 0 unspecified atom stereocenters. The molecule has 1 amide bonds. The molecule has 1 aromatic rings. The van der Waals surface area contributed by atoms with Crippen molar-refractivity contribution >= 4 is 27.7 Å².